The van der Waals surface area contributed by atoms with Crippen molar-refractivity contribution in [2.24, 2.45) is 0 Å². The fourth-order valence-corrected chi connectivity index (χ4v) is 5.87. The van der Waals surface area contributed by atoms with Crippen LogP contribution in [0, 0.1) is 0 Å². The molecular formula is C17H28ClN5OS. The summed E-state index contributed by atoms with van der Waals surface area (Å²) in [6, 6.07) is 0.377. The highest BCUT2D eigenvalue weighted by atomic mass is 35.5. The second-order valence-corrected chi connectivity index (χ2v) is 8.95. The molecule has 1 amide bonds. The van der Waals surface area contributed by atoms with Crippen LogP contribution in [-0.4, -0.2) is 62.5 Å². The molecule has 0 bridgehead atoms. The van der Waals surface area contributed by atoms with Crippen molar-refractivity contribution in [2.45, 2.75) is 55.7 Å². The number of hydrogen-bond donors (Lipinski definition) is 1. The van der Waals surface area contributed by atoms with Gasteiger partial charge in [-0.05, 0) is 38.8 Å². The number of halogens is 1. The maximum absolute atomic E-state index is 12.9. The summed E-state index contributed by atoms with van der Waals surface area (Å²) in [6.07, 6.45) is 10.4. The van der Waals surface area contributed by atoms with Crippen LogP contribution in [0.3, 0.4) is 0 Å². The third kappa shape index (κ3) is 4.14. The number of thioether (sulfide) groups is 1. The molecule has 2 saturated heterocycles. The van der Waals surface area contributed by atoms with Crippen LogP contribution in [-0.2, 0) is 0 Å². The molecule has 3 aliphatic rings. The third-order valence-corrected chi connectivity index (χ3v) is 7.25. The lowest BCUT2D eigenvalue weighted by atomic mass is 9.87. The second kappa shape index (κ2) is 8.27. The standard InChI is InChI=1S/C17H27N5OS.ClH/c23-16(15-12-22(20-19-15)14-4-8-18-9-5-14)21-10-11-24-17(13-21)6-2-1-3-7-17;/h12,14,18H,1-11,13H2;1H. The first kappa shape index (κ1) is 19.0. The molecule has 3 heterocycles. The highest BCUT2D eigenvalue weighted by molar-refractivity contribution is 8.00. The van der Waals surface area contributed by atoms with Gasteiger partial charge in [-0.2, -0.15) is 11.8 Å². The Morgan fingerprint density at radius 3 is 2.76 bits per heavy atom. The lowest BCUT2D eigenvalue weighted by Crippen LogP contribution is -2.50. The molecule has 0 radical (unpaired) electrons. The molecule has 1 aromatic rings. The van der Waals surface area contributed by atoms with Crippen LogP contribution in [0.15, 0.2) is 6.20 Å². The van der Waals surface area contributed by atoms with E-state index in [4.69, 9.17) is 0 Å². The van der Waals surface area contributed by atoms with Crippen molar-refractivity contribution < 1.29 is 4.79 Å². The Hall–Kier alpha value is -0.790. The summed E-state index contributed by atoms with van der Waals surface area (Å²) in [6.45, 7) is 3.75. The second-order valence-electron chi connectivity index (χ2n) is 7.38. The molecule has 1 aliphatic carbocycles. The van der Waals surface area contributed by atoms with Gasteiger partial charge < -0.3 is 10.2 Å². The largest absolute Gasteiger partial charge is 0.335 e. The molecule has 140 valence electrons. The van der Waals surface area contributed by atoms with Gasteiger partial charge in [-0.1, -0.05) is 24.5 Å². The monoisotopic (exact) mass is 385 g/mol. The first-order valence-electron chi connectivity index (χ1n) is 9.32. The molecule has 1 saturated carbocycles. The SMILES string of the molecule is Cl.O=C(c1cn(C2CCNCC2)nn1)N1CCSC2(CCCCC2)C1. The van der Waals surface area contributed by atoms with Gasteiger partial charge in [0.1, 0.15) is 0 Å². The van der Waals surface area contributed by atoms with E-state index in [-0.39, 0.29) is 18.3 Å². The van der Waals surface area contributed by atoms with Gasteiger partial charge in [0.15, 0.2) is 5.69 Å². The van der Waals surface area contributed by atoms with Gasteiger partial charge in [-0.3, -0.25) is 4.79 Å². The van der Waals surface area contributed by atoms with E-state index in [1.165, 1.54) is 32.1 Å². The summed E-state index contributed by atoms with van der Waals surface area (Å²) in [5, 5.41) is 11.8. The molecule has 3 fully saturated rings. The van der Waals surface area contributed by atoms with Crippen molar-refractivity contribution >= 4 is 30.1 Å². The number of nitrogens with one attached hydrogen (secondary N) is 1. The van der Waals surface area contributed by atoms with Gasteiger partial charge in [0.05, 0.1) is 12.2 Å². The van der Waals surface area contributed by atoms with E-state index in [9.17, 15) is 4.79 Å². The summed E-state index contributed by atoms with van der Waals surface area (Å²) in [7, 11) is 0. The van der Waals surface area contributed by atoms with Gasteiger partial charge in [0.25, 0.3) is 5.91 Å². The Bertz CT molecular complexity index is 578. The maximum Gasteiger partial charge on any atom is 0.276 e. The molecule has 0 unspecified atom stereocenters. The van der Waals surface area contributed by atoms with E-state index in [1.807, 2.05) is 15.8 Å². The highest BCUT2D eigenvalue weighted by Gasteiger charge is 2.39. The number of amides is 1. The van der Waals surface area contributed by atoms with Gasteiger partial charge >= 0.3 is 0 Å². The number of carbonyl (C=O) groups is 1. The summed E-state index contributed by atoms with van der Waals surface area (Å²) in [5.74, 6) is 1.12. The van der Waals surface area contributed by atoms with Crippen molar-refractivity contribution in [3.05, 3.63) is 11.9 Å². The molecule has 1 N–H and O–H groups in total. The van der Waals surface area contributed by atoms with E-state index in [1.54, 1.807) is 0 Å². The van der Waals surface area contributed by atoms with E-state index in [2.05, 4.69) is 27.4 Å². The number of rotatable bonds is 2. The Morgan fingerprint density at radius 1 is 1.24 bits per heavy atom. The van der Waals surface area contributed by atoms with Crippen LogP contribution in [0.5, 0.6) is 0 Å². The maximum atomic E-state index is 12.9. The number of carbonyl (C=O) groups excluding carboxylic acids is 1. The predicted octanol–water partition coefficient (Wildman–Crippen LogP) is 2.52. The number of hydrogen-bond acceptors (Lipinski definition) is 5. The Morgan fingerprint density at radius 2 is 2.00 bits per heavy atom. The van der Waals surface area contributed by atoms with Crippen LogP contribution >= 0.6 is 24.2 Å². The minimum atomic E-state index is 0. The molecule has 1 spiro atoms. The summed E-state index contributed by atoms with van der Waals surface area (Å²) < 4.78 is 2.21. The molecular weight excluding hydrogens is 358 g/mol. The quantitative estimate of drug-likeness (QED) is 0.847. The van der Waals surface area contributed by atoms with Gasteiger partial charge in [0, 0.05) is 23.6 Å². The minimum Gasteiger partial charge on any atom is -0.335 e. The van der Waals surface area contributed by atoms with Crippen LogP contribution in [0.25, 0.3) is 0 Å². The zero-order chi connectivity index (χ0) is 16.4. The zero-order valence-corrected chi connectivity index (χ0v) is 16.3. The van der Waals surface area contributed by atoms with Crippen molar-refractivity contribution in [3.8, 4) is 0 Å². The first-order chi connectivity index (χ1) is 11.8. The van der Waals surface area contributed by atoms with Crippen molar-refractivity contribution in [3.63, 3.8) is 0 Å². The molecule has 0 aromatic carbocycles. The molecule has 2 aliphatic heterocycles. The molecule has 0 atom stereocenters. The van der Waals surface area contributed by atoms with Crippen LogP contribution < -0.4 is 5.32 Å². The summed E-state index contributed by atoms with van der Waals surface area (Å²) in [4.78, 5) is 14.9. The fourth-order valence-electron chi connectivity index (χ4n) is 4.30. The Balaban J connectivity index is 0.00000182. The topological polar surface area (TPSA) is 63.1 Å². The molecule has 6 nitrogen and oxygen atoms in total. The lowest BCUT2D eigenvalue weighted by Gasteiger charge is -2.44. The van der Waals surface area contributed by atoms with E-state index in [0.717, 1.165) is 44.8 Å². The lowest BCUT2D eigenvalue weighted by molar-refractivity contribution is 0.0724. The smallest absolute Gasteiger partial charge is 0.276 e. The average molecular weight is 386 g/mol. The van der Waals surface area contributed by atoms with Crippen LogP contribution in [0.4, 0.5) is 0 Å². The fraction of sp³-hybridized carbons (Fsp3) is 0.824. The third-order valence-electron chi connectivity index (χ3n) is 5.71. The Kier molecular flexibility index (Phi) is 6.28. The number of piperidine rings is 1. The number of aromatic nitrogens is 3. The van der Waals surface area contributed by atoms with Crippen LogP contribution in [0.2, 0.25) is 0 Å². The first-order valence-corrected chi connectivity index (χ1v) is 10.3. The van der Waals surface area contributed by atoms with Gasteiger partial charge in [0.2, 0.25) is 0 Å². The molecule has 4 rings (SSSR count). The normalized spacial score (nSPS) is 24.1. The van der Waals surface area contributed by atoms with Crippen molar-refractivity contribution in [1.29, 1.82) is 0 Å². The van der Waals surface area contributed by atoms with Gasteiger partial charge in [-0.15, -0.1) is 17.5 Å². The molecule has 1 aromatic heterocycles. The summed E-state index contributed by atoms with van der Waals surface area (Å²) in [5.41, 5.74) is 0.520. The minimum absolute atomic E-state index is 0. The van der Waals surface area contributed by atoms with Gasteiger partial charge in [-0.25, -0.2) is 4.68 Å². The highest BCUT2D eigenvalue weighted by Crippen LogP contribution is 2.42. The van der Waals surface area contributed by atoms with Crippen LogP contribution in [0.1, 0.15) is 61.5 Å². The van der Waals surface area contributed by atoms with Crippen molar-refractivity contribution in [1.82, 2.24) is 25.2 Å². The van der Waals surface area contributed by atoms with E-state index in [0.29, 0.717) is 16.5 Å². The predicted molar refractivity (Wildman–Crippen MR) is 103 cm³/mol. The van der Waals surface area contributed by atoms with Crippen molar-refractivity contribution in [2.75, 3.05) is 31.9 Å². The van der Waals surface area contributed by atoms with E-state index < -0.39 is 0 Å². The Labute approximate surface area is 159 Å². The zero-order valence-electron chi connectivity index (χ0n) is 14.7. The molecule has 8 heteroatoms. The average Bonchev–Trinajstić information content (AvgIpc) is 3.13. The number of nitrogens with zero attached hydrogens (tertiary/aromatic N) is 4. The summed E-state index contributed by atoms with van der Waals surface area (Å²) >= 11 is 2.09. The molecule has 25 heavy (non-hydrogen) atoms. The van der Waals surface area contributed by atoms with E-state index >= 15 is 0 Å².